The summed E-state index contributed by atoms with van der Waals surface area (Å²) >= 11 is 0. The summed E-state index contributed by atoms with van der Waals surface area (Å²) in [5, 5.41) is 37.0. The first-order chi connectivity index (χ1) is 18.9. The van der Waals surface area contributed by atoms with Gasteiger partial charge >= 0.3 is 6.03 Å². The topological polar surface area (TPSA) is 195 Å². The normalized spacial score (nSPS) is 15.5. The van der Waals surface area contributed by atoms with Crippen LogP contribution in [-0.2, 0) is 19.5 Å². The smallest absolute Gasteiger partial charge is 0.322 e. The molecule has 0 saturated heterocycles. The fourth-order valence-electron chi connectivity index (χ4n) is 4.23. The molecule has 0 bridgehead atoms. The van der Waals surface area contributed by atoms with Crippen LogP contribution in [0, 0.1) is 17.1 Å². The lowest BCUT2D eigenvalue weighted by Crippen LogP contribution is -2.39. The average molecular weight is 544 g/mol. The van der Waals surface area contributed by atoms with E-state index in [1.807, 2.05) is 27.7 Å². The third kappa shape index (κ3) is 6.72. The van der Waals surface area contributed by atoms with Crippen LogP contribution in [0.2, 0.25) is 0 Å². The van der Waals surface area contributed by atoms with Crippen LogP contribution < -0.4 is 11.2 Å². The molecule has 39 heavy (non-hydrogen) atoms. The Morgan fingerprint density at radius 3 is 2.62 bits per heavy atom. The number of H-pyrrole nitrogens is 1. The molecule has 14 nitrogen and oxygen atoms in total. The molecule has 210 valence electrons. The van der Waals surface area contributed by atoms with Crippen molar-refractivity contribution in [1.29, 1.82) is 5.26 Å². The first-order valence-electron chi connectivity index (χ1n) is 12.5. The van der Waals surface area contributed by atoms with Crippen LogP contribution in [0.1, 0.15) is 66.7 Å². The highest BCUT2D eigenvalue weighted by Gasteiger charge is 2.36. The highest BCUT2D eigenvalue weighted by atomic mass is 19.1. The maximum Gasteiger partial charge on any atom is 0.322 e. The summed E-state index contributed by atoms with van der Waals surface area (Å²) in [5.41, 5.74) is 2.10. The molecule has 0 radical (unpaired) electrons. The number of likely N-dealkylation sites (N-methyl/N-ethyl adjacent to an activating group) is 1. The van der Waals surface area contributed by atoms with Crippen molar-refractivity contribution in [2.45, 2.75) is 53.1 Å². The number of aromatic nitrogens is 6. The highest BCUT2D eigenvalue weighted by molar-refractivity contribution is 5.95. The van der Waals surface area contributed by atoms with Gasteiger partial charge in [0.2, 0.25) is 0 Å². The SMILES string of the molecule is CC.CC.CN1CC(c2nn[nH]n2)Cn2nc3c(c2C1=O)CN(C(=O)Nc1ccc(F)c(C#N)c1)CC3.NO. The van der Waals surface area contributed by atoms with E-state index in [1.165, 1.54) is 12.1 Å². The lowest BCUT2D eigenvalue weighted by molar-refractivity contribution is 0.0788. The standard InChI is InChI=1S/C20H19FN10O2.2C2H6.H3NO/c1-29-8-12(18-24-27-28-25-18)9-31-17(19(29)32)14-10-30(5-4-16(14)26-31)20(33)23-13-2-3-15(21)11(6-13)7-22;3*1-2/h2-3,6,12H,4-5,8-10H2,1H3,(H,23,33)(H,24,25,27,28);2*1-2H3;2H,1H2. The number of carbonyl (C=O) groups excluding carboxylic acids is 2. The van der Waals surface area contributed by atoms with Gasteiger partial charge in [-0.05, 0) is 18.2 Å². The number of urea groups is 1. The van der Waals surface area contributed by atoms with Crippen molar-refractivity contribution >= 4 is 17.6 Å². The molecule has 2 aromatic heterocycles. The number of nitriles is 1. The van der Waals surface area contributed by atoms with Gasteiger partial charge in [0.1, 0.15) is 17.6 Å². The number of anilines is 1. The van der Waals surface area contributed by atoms with Crippen LogP contribution >= 0.6 is 0 Å². The van der Waals surface area contributed by atoms with E-state index in [0.29, 0.717) is 48.8 Å². The third-order valence-corrected chi connectivity index (χ3v) is 5.89. The number of nitrogens with two attached hydrogens (primary N) is 1. The molecule has 0 aliphatic carbocycles. The maximum atomic E-state index is 13.6. The number of benzene rings is 1. The number of fused-ring (bicyclic) bond motifs is 3. The van der Waals surface area contributed by atoms with Gasteiger partial charge in [0.15, 0.2) is 5.82 Å². The summed E-state index contributed by atoms with van der Waals surface area (Å²) in [7, 11) is 1.71. The second-order valence-electron chi connectivity index (χ2n) is 8.02. The van der Waals surface area contributed by atoms with E-state index in [0.717, 1.165) is 11.8 Å². The zero-order valence-electron chi connectivity index (χ0n) is 22.6. The Bertz CT molecular complexity index is 1290. The number of nitrogens with one attached hydrogen (secondary N) is 2. The number of hydrogen-bond donors (Lipinski definition) is 4. The molecule has 1 atom stereocenters. The summed E-state index contributed by atoms with van der Waals surface area (Å²) in [4.78, 5) is 29.2. The van der Waals surface area contributed by atoms with Crippen molar-refractivity contribution in [3.05, 3.63) is 52.4 Å². The minimum atomic E-state index is -0.651. The van der Waals surface area contributed by atoms with Crippen molar-refractivity contribution in [3.63, 3.8) is 0 Å². The Balaban J connectivity index is 0.000000833. The van der Waals surface area contributed by atoms with Crippen LogP contribution in [-0.4, -0.2) is 77.5 Å². The van der Waals surface area contributed by atoms with Crippen molar-refractivity contribution in [3.8, 4) is 6.07 Å². The summed E-state index contributed by atoms with van der Waals surface area (Å²) in [5.74, 6) is 3.00. The predicted molar refractivity (Wildman–Crippen MR) is 139 cm³/mol. The Morgan fingerprint density at radius 1 is 1.26 bits per heavy atom. The van der Waals surface area contributed by atoms with Crippen LogP contribution in [0.15, 0.2) is 18.2 Å². The fraction of sp³-hybridized carbons (Fsp3) is 0.458. The molecule has 3 aromatic rings. The molecule has 0 fully saturated rings. The minimum Gasteiger partial charge on any atom is -0.340 e. The number of nitrogens with zero attached hydrogens (tertiary/aromatic N) is 8. The van der Waals surface area contributed by atoms with Crippen LogP contribution in [0.5, 0.6) is 0 Å². The average Bonchev–Trinajstić information content (AvgIpc) is 3.62. The Kier molecular flexibility index (Phi) is 11.5. The van der Waals surface area contributed by atoms with E-state index in [1.54, 1.807) is 27.6 Å². The van der Waals surface area contributed by atoms with Crippen LogP contribution in [0.4, 0.5) is 14.9 Å². The van der Waals surface area contributed by atoms with Crippen LogP contribution in [0.3, 0.4) is 0 Å². The van der Waals surface area contributed by atoms with Gasteiger partial charge in [0, 0.05) is 37.8 Å². The minimum absolute atomic E-state index is 0.152. The van der Waals surface area contributed by atoms with Gasteiger partial charge in [0.25, 0.3) is 5.91 Å². The van der Waals surface area contributed by atoms with Crippen LogP contribution in [0.25, 0.3) is 0 Å². The van der Waals surface area contributed by atoms with E-state index >= 15 is 0 Å². The van der Waals surface area contributed by atoms with E-state index in [4.69, 9.17) is 10.5 Å². The predicted octanol–water partition coefficient (Wildman–Crippen LogP) is 2.25. The first-order valence-corrected chi connectivity index (χ1v) is 12.5. The molecule has 1 unspecified atom stereocenters. The Morgan fingerprint density at radius 2 is 1.97 bits per heavy atom. The molecule has 2 aliphatic heterocycles. The second kappa shape index (κ2) is 14.5. The van der Waals surface area contributed by atoms with Gasteiger partial charge in [-0.2, -0.15) is 15.6 Å². The molecular formula is C24H34FN11O3. The van der Waals surface area contributed by atoms with Gasteiger partial charge in [0.05, 0.1) is 30.3 Å². The van der Waals surface area contributed by atoms with E-state index in [9.17, 15) is 14.0 Å². The van der Waals surface area contributed by atoms with Crippen molar-refractivity contribution in [1.82, 2.24) is 40.2 Å². The van der Waals surface area contributed by atoms with Gasteiger partial charge in [-0.25, -0.2) is 15.1 Å². The summed E-state index contributed by atoms with van der Waals surface area (Å²) in [6.45, 7) is 9.43. The molecule has 1 aromatic carbocycles. The van der Waals surface area contributed by atoms with E-state index < -0.39 is 11.8 Å². The largest absolute Gasteiger partial charge is 0.340 e. The highest BCUT2D eigenvalue weighted by Crippen LogP contribution is 2.29. The molecule has 0 spiro atoms. The number of aromatic amines is 1. The number of amides is 3. The zero-order chi connectivity index (χ0) is 29.1. The number of halogens is 1. The molecule has 0 saturated carbocycles. The first kappa shape index (κ1) is 30.8. The van der Waals surface area contributed by atoms with E-state index in [2.05, 4.69) is 36.9 Å². The number of hydrogen-bond acceptors (Lipinski definition) is 9. The van der Waals surface area contributed by atoms with Crippen molar-refractivity contribution in [2.24, 2.45) is 5.90 Å². The Hall–Kier alpha value is -4.42. The monoisotopic (exact) mass is 543 g/mol. The number of carbonyl (C=O) groups is 2. The van der Waals surface area contributed by atoms with Gasteiger partial charge in [-0.15, -0.1) is 10.2 Å². The maximum absolute atomic E-state index is 13.6. The Labute approximate surface area is 225 Å². The molecule has 3 amide bonds. The lowest BCUT2D eigenvalue weighted by Gasteiger charge is -2.27. The summed E-state index contributed by atoms with van der Waals surface area (Å²) in [6.07, 6.45) is 0.486. The van der Waals surface area contributed by atoms with Gasteiger partial charge in [-0.1, -0.05) is 32.9 Å². The second-order valence-corrected chi connectivity index (χ2v) is 8.02. The molecule has 15 heteroatoms. The quantitative estimate of drug-likeness (QED) is 0.350. The van der Waals surface area contributed by atoms with Gasteiger partial charge < -0.3 is 20.3 Å². The molecule has 4 heterocycles. The molecule has 5 N–H and O–H groups in total. The lowest BCUT2D eigenvalue weighted by atomic mass is 10.0. The van der Waals surface area contributed by atoms with Crippen molar-refractivity contribution in [2.75, 3.05) is 25.5 Å². The number of rotatable bonds is 2. The molecule has 5 rings (SSSR count). The summed E-state index contributed by atoms with van der Waals surface area (Å²) in [6, 6.07) is 5.16. The number of tetrazole rings is 1. The molecular weight excluding hydrogens is 509 g/mol. The van der Waals surface area contributed by atoms with Crippen molar-refractivity contribution < 1.29 is 19.2 Å². The van der Waals surface area contributed by atoms with Gasteiger partial charge in [-0.3, -0.25) is 9.48 Å². The zero-order valence-corrected chi connectivity index (χ0v) is 22.6. The summed E-state index contributed by atoms with van der Waals surface area (Å²) < 4.78 is 15.2. The molecule has 2 aliphatic rings. The fourth-order valence-corrected chi connectivity index (χ4v) is 4.23. The van der Waals surface area contributed by atoms with E-state index in [-0.39, 0.29) is 23.9 Å². The third-order valence-electron chi connectivity index (χ3n) is 5.89.